The van der Waals surface area contributed by atoms with Crippen molar-refractivity contribution in [2.75, 3.05) is 5.32 Å². The molecule has 0 saturated carbocycles. The first-order valence-electron chi connectivity index (χ1n) is 10.1. The molecule has 31 heavy (non-hydrogen) atoms. The third kappa shape index (κ3) is 3.71. The highest BCUT2D eigenvalue weighted by Gasteiger charge is 2.33. The van der Waals surface area contributed by atoms with Crippen molar-refractivity contribution >= 4 is 28.9 Å². The minimum atomic E-state index is -0.331. The van der Waals surface area contributed by atoms with Crippen LogP contribution >= 0.6 is 0 Å². The predicted octanol–water partition coefficient (Wildman–Crippen LogP) is 3.18. The monoisotopic (exact) mass is 409 g/mol. The average molecular weight is 409 g/mol. The number of guanidine groups is 1. The Labute approximate surface area is 179 Å². The van der Waals surface area contributed by atoms with Gasteiger partial charge in [0, 0.05) is 5.56 Å². The van der Waals surface area contributed by atoms with Gasteiger partial charge in [0.1, 0.15) is 11.6 Å². The van der Waals surface area contributed by atoms with Crippen LogP contribution in [0.1, 0.15) is 28.9 Å². The van der Waals surface area contributed by atoms with Gasteiger partial charge in [-0.25, -0.2) is 5.32 Å². The number of carbonyl (C=O) groups is 1. The van der Waals surface area contributed by atoms with Gasteiger partial charge in [0.15, 0.2) is 11.4 Å². The van der Waals surface area contributed by atoms with Crippen LogP contribution in [0.15, 0.2) is 101 Å². The van der Waals surface area contributed by atoms with Crippen molar-refractivity contribution in [1.29, 1.82) is 0 Å². The average Bonchev–Trinajstić information content (AvgIpc) is 3.22. The fourth-order valence-corrected chi connectivity index (χ4v) is 3.77. The number of rotatable bonds is 4. The maximum Gasteiger partial charge on any atom is 0.365 e. The van der Waals surface area contributed by atoms with Crippen molar-refractivity contribution in [3.05, 3.63) is 107 Å². The minimum absolute atomic E-state index is 0.0205. The number of hydrogen-bond acceptors (Lipinski definition) is 5. The number of carbonyl (C=O) groups excluding carboxylic acids is 1. The van der Waals surface area contributed by atoms with Crippen LogP contribution in [0, 0.1) is 0 Å². The number of para-hydroxylation sites is 2. The molecule has 1 aliphatic rings. The Hall–Kier alpha value is -4.19. The summed E-state index contributed by atoms with van der Waals surface area (Å²) in [5.74, 6) is 0.579. The van der Waals surface area contributed by atoms with Crippen LogP contribution < -0.4 is 15.6 Å². The Bertz CT molecular complexity index is 1270. The number of Topliss-reactive ketones (excluding diaryl/α,β-unsaturated/α-hetero) is 1. The van der Waals surface area contributed by atoms with Gasteiger partial charge in [-0.15, -0.1) is 0 Å². The molecule has 0 bridgehead atoms. The first kappa shape index (κ1) is 18.8. The lowest BCUT2D eigenvalue weighted by atomic mass is 9.90. The highest BCUT2D eigenvalue weighted by atomic mass is 16.4. The molecule has 0 aliphatic carbocycles. The van der Waals surface area contributed by atoms with E-state index >= 15 is 0 Å². The second kappa shape index (κ2) is 7.91. The van der Waals surface area contributed by atoms with E-state index in [9.17, 15) is 4.79 Å². The number of aromatic nitrogens is 1. The van der Waals surface area contributed by atoms with E-state index in [0.29, 0.717) is 28.7 Å². The number of ketones is 1. The largest absolute Gasteiger partial charge is 0.412 e. The Balaban J connectivity index is 1.52. The van der Waals surface area contributed by atoms with Crippen LogP contribution in [-0.2, 0) is 0 Å². The Morgan fingerprint density at radius 3 is 2.39 bits per heavy atom. The molecule has 2 heterocycles. The Morgan fingerprint density at radius 2 is 1.65 bits per heavy atom. The number of oxazole rings is 1. The van der Waals surface area contributed by atoms with Crippen LogP contribution in [0.25, 0.3) is 11.1 Å². The first-order chi connectivity index (χ1) is 15.2. The van der Waals surface area contributed by atoms with Crippen LogP contribution in [0.4, 0.5) is 6.01 Å². The fraction of sp³-hybridized carbons (Fsp3) is 0.0800. The third-order valence-electron chi connectivity index (χ3n) is 5.23. The fourth-order valence-electron chi connectivity index (χ4n) is 3.77. The van der Waals surface area contributed by atoms with Gasteiger partial charge in [0.2, 0.25) is 0 Å². The van der Waals surface area contributed by atoms with Gasteiger partial charge >= 0.3 is 12.0 Å². The maximum atomic E-state index is 13.4. The zero-order chi connectivity index (χ0) is 21.2. The summed E-state index contributed by atoms with van der Waals surface area (Å²) in [5, 5.41) is 6.43. The molecule has 0 radical (unpaired) electrons. The molecule has 152 valence electrons. The summed E-state index contributed by atoms with van der Waals surface area (Å²) >= 11 is 0. The molecule has 1 aromatic heterocycles. The second-order valence-electron chi connectivity index (χ2n) is 7.33. The van der Waals surface area contributed by atoms with Gasteiger partial charge in [0.25, 0.3) is 0 Å². The molecule has 6 heteroatoms. The summed E-state index contributed by atoms with van der Waals surface area (Å²) in [5.41, 5.74) is 4.54. The number of nitrogens with one attached hydrogen (secondary N) is 3. The molecule has 6 nitrogen and oxygen atoms in total. The summed E-state index contributed by atoms with van der Waals surface area (Å²) in [4.78, 5) is 21.3. The number of hydrogen-bond donors (Lipinski definition) is 3. The second-order valence-corrected chi connectivity index (χ2v) is 7.33. The number of nitrogens with zero attached hydrogens (tertiary/aromatic N) is 1. The van der Waals surface area contributed by atoms with E-state index in [1.54, 1.807) is 0 Å². The van der Waals surface area contributed by atoms with E-state index in [4.69, 9.17) is 4.42 Å². The number of benzene rings is 3. The van der Waals surface area contributed by atoms with Crippen molar-refractivity contribution in [3.8, 4) is 0 Å². The maximum absolute atomic E-state index is 13.4. The summed E-state index contributed by atoms with van der Waals surface area (Å²) < 4.78 is 5.78. The molecule has 1 aliphatic heterocycles. The van der Waals surface area contributed by atoms with Gasteiger partial charge < -0.3 is 4.42 Å². The van der Waals surface area contributed by atoms with E-state index in [-0.39, 0.29) is 11.8 Å². The highest BCUT2D eigenvalue weighted by Crippen LogP contribution is 2.25. The van der Waals surface area contributed by atoms with Crippen LogP contribution in [-0.4, -0.2) is 16.7 Å². The quantitative estimate of drug-likeness (QED) is 0.451. The van der Waals surface area contributed by atoms with Gasteiger partial charge in [-0.3, -0.25) is 9.79 Å². The Kier molecular flexibility index (Phi) is 4.80. The molecule has 0 spiro atoms. The summed E-state index contributed by atoms with van der Waals surface area (Å²) in [6, 6.07) is 26.8. The lowest BCUT2D eigenvalue weighted by Crippen LogP contribution is -2.81. The van der Waals surface area contributed by atoms with Crippen molar-refractivity contribution in [2.45, 2.75) is 13.0 Å². The highest BCUT2D eigenvalue weighted by molar-refractivity contribution is 6.10. The van der Waals surface area contributed by atoms with E-state index in [0.717, 1.165) is 16.8 Å². The zero-order valence-electron chi connectivity index (χ0n) is 16.9. The van der Waals surface area contributed by atoms with Gasteiger partial charge in [0.05, 0.1) is 11.3 Å². The summed E-state index contributed by atoms with van der Waals surface area (Å²) in [6.07, 6.45) is 0. The predicted molar refractivity (Wildman–Crippen MR) is 119 cm³/mol. The van der Waals surface area contributed by atoms with E-state index in [1.807, 2.05) is 91.9 Å². The van der Waals surface area contributed by atoms with Crippen molar-refractivity contribution in [2.24, 2.45) is 0 Å². The topological polar surface area (TPSA) is 81.1 Å². The van der Waals surface area contributed by atoms with Crippen molar-refractivity contribution in [1.82, 2.24) is 10.3 Å². The molecule has 0 amide bonds. The molecule has 0 unspecified atom stereocenters. The molecular formula is C25H21N4O2+. The standard InChI is InChI=1S/C25H20N4O2/c1-16-21(23(30)18-12-6-3-7-13-18)22(17-10-4-2-5-11-17)28-24(26-16)29-25-27-19-14-8-9-15-20(19)31-25/h2-15,22H,1H3,(H2,26,27,28,29)/p+1/t22-/m1/s1. The molecule has 3 aromatic carbocycles. The first-order valence-corrected chi connectivity index (χ1v) is 10.1. The van der Waals surface area contributed by atoms with E-state index in [2.05, 4.69) is 20.6 Å². The molecule has 0 saturated heterocycles. The molecule has 1 atom stereocenters. The zero-order valence-corrected chi connectivity index (χ0v) is 16.9. The number of allylic oxidation sites excluding steroid dienone is 1. The van der Waals surface area contributed by atoms with Crippen LogP contribution in [0.2, 0.25) is 0 Å². The van der Waals surface area contributed by atoms with Gasteiger partial charge in [-0.2, -0.15) is 10.3 Å². The van der Waals surface area contributed by atoms with Gasteiger partial charge in [-0.05, 0) is 24.6 Å². The molecule has 4 aromatic rings. The minimum Gasteiger partial charge on any atom is -0.412 e. The SMILES string of the molecule is CC1=C(C(=O)c2ccccc2)[C@@H](c2ccccc2)[NH+]=C(Nc2nc3ccccc3o2)N1. The molecular weight excluding hydrogens is 388 g/mol. The normalized spacial score (nSPS) is 16.0. The van der Waals surface area contributed by atoms with E-state index < -0.39 is 0 Å². The van der Waals surface area contributed by atoms with Crippen LogP contribution in [0.3, 0.4) is 0 Å². The lowest BCUT2D eigenvalue weighted by molar-refractivity contribution is -0.501. The van der Waals surface area contributed by atoms with Crippen LogP contribution in [0.5, 0.6) is 0 Å². The van der Waals surface area contributed by atoms with Crippen molar-refractivity contribution in [3.63, 3.8) is 0 Å². The lowest BCUT2D eigenvalue weighted by Gasteiger charge is -2.22. The Morgan fingerprint density at radius 1 is 0.968 bits per heavy atom. The van der Waals surface area contributed by atoms with Crippen molar-refractivity contribution < 1.29 is 14.2 Å². The number of anilines is 1. The third-order valence-corrected chi connectivity index (χ3v) is 5.23. The summed E-state index contributed by atoms with van der Waals surface area (Å²) in [6.45, 7) is 1.90. The summed E-state index contributed by atoms with van der Waals surface area (Å²) in [7, 11) is 0. The smallest absolute Gasteiger partial charge is 0.365 e. The molecule has 0 fully saturated rings. The molecule has 3 N–H and O–H groups in total. The molecule has 5 rings (SSSR count). The van der Waals surface area contributed by atoms with E-state index in [1.165, 1.54) is 0 Å². The number of fused-ring (bicyclic) bond motifs is 1. The van der Waals surface area contributed by atoms with Gasteiger partial charge in [-0.1, -0.05) is 72.8 Å².